The highest BCUT2D eigenvalue weighted by molar-refractivity contribution is 7.93. The number of hydrogen-bond acceptors (Lipinski definition) is 9. The standard InChI is InChI=1S/C21H15ClN6O3S2/c1-31-17-10-9-12(11-13(17)22)23-20-21(25-15-6-3-2-5-14(15)24-20)28-33(29,30)18-8-4-7-16-19(18)27-32-26-16/h2-11H,1H3,(H,23,24)(H,25,28). The van der Waals surface area contributed by atoms with Gasteiger partial charge >= 0.3 is 0 Å². The molecule has 2 N–H and O–H groups in total. The van der Waals surface area contributed by atoms with Crippen LogP contribution in [0.2, 0.25) is 5.02 Å². The van der Waals surface area contributed by atoms with Crippen LogP contribution in [0, 0.1) is 0 Å². The lowest BCUT2D eigenvalue weighted by atomic mass is 10.3. The highest BCUT2D eigenvalue weighted by Crippen LogP contribution is 2.32. The van der Waals surface area contributed by atoms with Gasteiger partial charge in [0.15, 0.2) is 11.6 Å². The first kappa shape index (κ1) is 21.3. The number of hydrogen-bond donors (Lipinski definition) is 2. The maximum Gasteiger partial charge on any atom is 0.265 e. The zero-order chi connectivity index (χ0) is 23.0. The van der Waals surface area contributed by atoms with Crippen molar-refractivity contribution in [3.05, 3.63) is 65.7 Å². The average molecular weight is 499 g/mol. The summed E-state index contributed by atoms with van der Waals surface area (Å²) in [7, 11) is -2.52. The number of ether oxygens (including phenoxy) is 1. The molecule has 0 aliphatic rings. The molecule has 2 heterocycles. The van der Waals surface area contributed by atoms with Crippen molar-refractivity contribution in [1.82, 2.24) is 18.7 Å². The molecular weight excluding hydrogens is 484 g/mol. The van der Waals surface area contributed by atoms with Gasteiger partial charge < -0.3 is 10.1 Å². The number of aromatic nitrogens is 4. The molecular formula is C21H15ClN6O3S2. The van der Waals surface area contributed by atoms with Crippen molar-refractivity contribution in [2.24, 2.45) is 0 Å². The smallest absolute Gasteiger partial charge is 0.265 e. The van der Waals surface area contributed by atoms with Crippen LogP contribution in [0.5, 0.6) is 5.75 Å². The fourth-order valence-electron chi connectivity index (χ4n) is 3.22. The van der Waals surface area contributed by atoms with Gasteiger partial charge in [0.1, 0.15) is 21.7 Å². The molecule has 0 bridgehead atoms. The zero-order valence-corrected chi connectivity index (χ0v) is 19.4. The fraction of sp³-hybridized carbons (Fsp3) is 0.0476. The van der Waals surface area contributed by atoms with Crippen molar-refractivity contribution < 1.29 is 13.2 Å². The summed E-state index contributed by atoms with van der Waals surface area (Å²) >= 11 is 7.18. The van der Waals surface area contributed by atoms with Crippen LogP contribution in [0.15, 0.2) is 65.6 Å². The van der Waals surface area contributed by atoms with E-state index in [4.69, 9.17) is 16.3 Å². The van der Waals surface area contributed by atoms with Gasteiger partial charge in [-0.05, 0) is 42.5 Å². The minimum atomic E-state index is -4.05. The van der Waals surface area contributed by atoms with Crippen molar-refractivity contribution >= 4 is 72.7 Å². The summed E-state index contributed by atoms with van der Waals surface area (Å²) in [6, 6.07) is 17.0. The van der Waals surface area contributed by atoms with Gasteiger partial charge in [0.2, 0.25) is 0 Å². The molecule has 5 rings (SSSR count). The number of fused-ring (bicyclic) bond motifs is 2. The molecule has 0 fully saturated rings. The van der Waals surface area contributed by atoms with E-state index in [1.807, 2.05) is 6.07 Å². The van der Waals surface area contributed by atoms with E-state index in [0.29, 0.717) is 38.5 Å². The molecule has 0 saturated heterocycles. The largest absolute Gasteiger partial charge is 0.495 e. The molecule has 12 heteroatoms. The normalized spacial score (nSPS) is 11.6. The minimum Gasteiger partial charge on any atom is -0.495 e. The number of sulfonamides is 1. The van der Waals surface area contributed by atoms with Gasteiger partial charge in [-0.25, -0.2) is 18.4 Å². The third-order valence-corrected chi connectivity index (χ3v) is 6.96. The number of nitrogens with one attached hydrogen (secondary N) is 2. The van der Waals surface area contributed by atoms with Crippen LogP contribution in [0.1, 0.15) is 0 Å². The predicted molar refractivity (Wildman–Crippen MR) is 129 cm³/mol. The Hall–Kier alpha value is -3.54. The van der Waals surface area contributed by atoms with Crippen LogP contribution in [0.25, 0.3) is 22.1 Å². The van der Waals surface area contributed by atoms with Gasteiger partial charge in [0, 0.05) is 5.69 Å². The molecule has 0 amide bonds. The Morgan fingerprint density at radius 1 is 0.909 bits per heavy atom. The lowest BCUT2D eigenvalue weighted by molar-refractivity contribution is 0.415. The monoisotopic (exact) mass is 498 g/mol. The number of benzene rings is 3. The van der Waals surface area contributed by atoms with Crippen LogP contribution in [0.3, 0.4) is 0 Å². The predicted octanol–water partition coefficient (Wildman–Crippen LogP) is 4.84. The van der Waals surface area contributed by atoms with Gasteiger partial charge in [0.05, 0.1) is 34.9 Å². The highest BCUT2D eigenvalue weighted by atomic mass is 35.5. The van der Waals surface area contributed by atoms with Crippen LogP contribution in [-0.2, 0) is 10.0 Å². The third kappa shape index (κ3) is 4.13. The second kappa shape index (κ2) is 8.43. The first-order valence-corrected chi connectivity index (χ1v) is 12.2. The summed E-state index contributed by atoms with van der Waals surface area (Å²) in [5, 5.41) is 3.49. The number of rotatable bonds is 6. The number of para-hydroxylation sites is 2. The summed E-state index contributed by atoms with van der Waals surface area (Å²) in [5.41, 5.74) is 2.49. The average Bonchev–Trinajstić information content (AvgIpc) is 3.28. The highest BCUT2D eigenvalue weighted by Gasteiger charge is 2.23. The Kier molecular flexibility index (Phi) is 5.44. The van der Waals surface area contributed by atoms with E-state index in [2.05, 4.69) is 28.8 Å². The van der Waals surface area contributed by atoms with E-state index in [1.165, 1.54) is 13.2 Å². The Labute approximate surface area is 197 Å². The summed E-state index contributed by atoms with van der Waals surface area (Å²) in [6.45, 7) is 0. The van der Waals surface area contributed by atoms with Crippen LogP contribution in [-0.4, -0.2) is 34.2 Å². The molecule has 0 radical (unpaired) electrons. The van der Waals surface area contributed by atoms with Gasteiger partial charge in [0.25, 0.3) is 10.0 Å². The molecule has 33 heavy (non-hydrogen) atoms. The van der Waals surface area contributed by atoms with Crippen molar-refractivity contribution in [2.45, 2.75) is 4.90 Å². The molecule has 9 nitrogen and oxygen atoms in total. The summed E-state index contributed by atoms with van der Waals surface area (Å²) in [5.74, 6) is 0.751. The molecule has 2 aromatic heterocycles. The van der Waals surface area contributed by atoms with E-state index in [1.54, 1.807) is 48.5 Å². The Bertz CT molecular complexity index is 1610. The van der Waals surface area contributed by atoms with Crippen LogP contribution < -0.4 is 14.8 Å². The molecule has 0 aliphatic heterocycles. The SMILES string of the molecule is COc1ccc(Nc2nc3ccccc3nc2NS(=O)(=O)c2cccc3nsnc23)cc1Cl. The molecule has 5 aromatic rings. The van der Waals surface area contributed by atoms with E-state index >= 15 is 0 Å². The molecule has 0 spiro atoms. The second-order valence-corrected chi connectivity index (χ2v) is 9.46. The zero-order valence-electron chi connectivity index (χ0n) is 17.0. The molecule has 166 valence electrons. The summed E-state index contributed by atoms with van der Waals surface area (Å²) < 4.78 is 42.5. The second-order valence-electron chi connectivity index (χ2n) is 6.88. The molecule has 0 atom stereocenters. The van der Waals surface area contributed by atoms with E-state index in [0.717, 1.165) is 11.7 Å². The molecule has 3 aromatic carbocycles. The Morgan fingerprint density at radius 3 is 2.36 bits per heavy atom. The number of nitrogens with zero attached hydrogens (tertiary/aromatic N) is 4. The Balaban J connectivity index is 1.59. The molecule has 0 unspecified atom stereocenters. The summed E-state index contributed by atoms with van der Waals surface area (Å²) in [6.07, 6.45) is 0. The van der Waals surface area contributed by atoms with Crippen LogP contribution in [0.4, 0.5) is 17.3 Å². The maximum atomic E-state index is 13.3. The summed E-state index contributed by atoms with van der Waals surface area (Å²) in [4.78, 5) is 9.07. The third-order valence-electron chi connectivity index (χ3n) is 4.75. The van der Waals surface area contributed by atoms with Gasteiger partial charge in [-0.1, -0.05) is 29.8 Å². The van der Waals surface area contributed by atoms with E-state index < -0.39 is 10.0 Å². The van der Waals surface area contributed by atoms with Crippen LogP contribution >= 0.6 is 23.3 Å². The molecule has 0 saturated carbocycles. The van der Waals surface area contributed by atoms with Crippen molar-refractivity contribution in [3.8, 4) is 5.75 Å². The number of anilines is 3. The van der Waals surface area contributed by atoms with Gasteiger partial charge in [-0.15, -0.1) is 0 Å². The fourth-order valence-corrected chi connectivity index (χ4v) is 5.25. The lowest BCUT2D eigenvalue weighted by Crippen LogP contribution is -2.16. The Morgan fingerprint density at radius 2 is 1.64 bits per heavy atom. The van der Waals surface area contributed by atoms with Crippen molar-refractivity contribution in [1.29, 1.82) is 0 Å². The minimum absolute atomic E-state index is 0.00199. The van der Waals surface area contributed by atoms with Gasteiger partial charge in [-0.2, -0.15) is 8.75 Å². The topological polar surface area (TPSA) is 119 Å². The first-order chi connectivity index (χ1) is 15.9. The van der Waals surface area contributed by atoms with E-state index in [-0.39, 0.29) is 16.5 Å². The maximum absolute atomic E-state index is 13.3. The lowest BCUT2D eigenvalue weighted by Gasteiger charge is -2.14. The quantitative estimate of drug-likeness (QED) is 0.341. The van der Waals surface area contributed by atoms with E-state index in [9.17, 15) is 8.42 Å². The van der Waals surface area contributed by atoms with Crippen molar-refractivity contribution in [3.63, 3.8) is 0 Å². The van der Waals surface area contributed by atoms with Gasteiger partial charge in [-0.3, -0.25) is 4.72 Å². The number of halogens is 1. The first-order valence-electron chi connectivity index (χ1n) is 9.56. The number of methoxy groups -OCH3 is 1. The van der Waals surface area contributed by atoms with Crippen molar-refractivity contribution in [2.75, 3.05) is 17.1 Å². The molecule has 0 aliphatic carbocycles.